The molecule has 0 spiro atoms. The van der Waals surface area contributed by atoms with Crippen molar-refractivity contribution in [1.82, 2.24) is 0 Å². The van der Waals surface area contributed by atoms with E-state index in [0.29, 0.717) is 0 Å². The van der Waals surface area contributed by atoms with Gasteiger partial charge in [0.05, 0.1) is 22.2 Å². The van der Waals surface area contributed by atoms with Crippen LogP contribution in [0.15, 0.2) is 42.4 Å². The zero-order valence-electron chi connectivity index (χ0n) is 13.5. The molecular weight excluding hydrogens is 442 g/mol. The van der Waals surface area contributed by atoms with Crippen molar-refractivity contribution in [3.63, 3.8) is 0 Å². The number of carbonyl (C=O) groups excluding carboxylic acids is 1. The van der Waals surface area contributed by atoms with E-state index >= 15 is 0 Å². The molecule has 0 atom stereocenters. The molecule has 1 N–H and O–H groups in total. The number of aliphatic carboxylic acids is 1. The van der Waals surface area contributed by atoms with Gasteiger partial charge in [-0.25, -0.2) is 9.59 Å². The lowest BCUT2D eigenvalue weighted by atomic mass is 10.2. The summed E-state index contributed by atoms with van der Waals surface area (Å²) >= 11 is 23.6. The lowest BCUT2D eigenvalue weighted by Crippen LogP contribution is -2.14. The fourth-order valence-electron chi connectivity index (χ4n) is 1.83. The fraction of sp³-hybridized carbons (Fsp3) is 0.0588. The van der Waals surface area contributed by atoms with Gasteiger partial charge in [0.2, 0.25) is 5.76 Å². The fourth-order valence-corrected chi connectivity index (χ4v) is 2.58. The molecule has 2 rings (SSSR count). The quantitative estimate of drug-likeness (QED) is 0.206. The van der Waals surface area contributed by atoms with E-state index in [1.54, 1.807) is 0 Å². The standard InChI is InChI=1S/C17H10Cl4O6/c1-25-7-15(16(22)23)26-13-3-2-8(18)4-9(13)17(24)27-14-6-11(20)10(19)5-12(14)21/h2-7H,1H3,(H,22,23)/b15-7+. The molecule has 10 heteroatoms. The van der Waals surface area contributed by atoms with E-state index in [1.165, 1.54) is 37.4 Å². The molecule has 0 saturated carbocycles. The van der Waals surface area contributed by atoms with Crippen molar-refractivity contribution in [2.75, 3.05) is 7.11 Å². The summed E-state index contributed by atoms with van der Waals surface area (Å²) in [6, 6.07) is 6.54. The minimum atomic E-state index is -1.40. The van der Waals surface area contributed by atoms with Crippen LogP contribution in [0.2, 0.25) is 20.1 Å². The van der Waals surface area contributed by atoms with Gasteiger partial charge in [0, 0.05) is 11.1 Å². The van der Waals surface area contributed by atoms with Crippen LogP contribution in [0, 0.1) is 0 Å². The van der Waals surface area contributed by atoms with E-state index in [0.717, 1.165) is 6.26 Å². The Balaban J connectivity index is 2.38. The van der Waals surface area contributed by atoms with Gasteiger partial charge in [-0.3, -0.25) is 0 Å². The van der Waals surface area contributed by atoms with Crippen LogP contribution in [0.3, 0.4) is 0 Å². The second kappa shape index (κ2) is 9.19. The van der Waals surface area contributed by atoms with E-state index in [-0.39, 0.29) is 37.2 Å². The number of halogens is 4. The molecule has 27 heavy (non-hydrogen) atoms. The van der Waals surface area contributed by atoms with Gasteiger partial charge in [0.1, 0.15) is 17.6 Å². The number of ether oxygens (including phenoxy) is 3. The molecule has 2 aromatic carbocycles. The molecule has 0 aliphatic rings. The highest BCUT2D eigenvalue weighted by Crippen LogP contribution is 2.35. The first-order chi connectivity index (χ1) is 12.7. The molecule has 0 aliphatic heterocycles. The van der Waals surface area contributed by atoms with E-state index in [1.807, 2.05) is 0 Å². The van der Waals surface area contributed by atoms with Crippen LogP contribution < -0.4 is 9.47 Å². The smallest absolute Gasteiger partial charge is 0.375 e. The van der Waals surface area contributed by atoms with Gasteiger partial charge < -0.3 is 19.3 Å². The number of esters is 1. The van der Waals surface area contributed by atoms with Crippen molar-refractivity contribution < 1.29 is 28.9 Å². The first kappa shape index (κ1) is 21.2. The monoisotopic (exact) mass is 450 g/mol. The molecule has 0 heterocycles. The predicted octanol–water partition coefficient (Wildman–Crippen LogP) is 5.47. The highest BCUT2D eigenvalue weighted by molar-refractivity contribution is 6.43. The van der Waals surface area contributed by atoms with Crippen molar-refractivity contribution in [2.24, 2.45) is 0 Å². The van der Waals surface area contributed by atoms with Gasteiger partial charge >= 0.3 is 11.9 Å². The number of hydrogen-bond acceptors (Lipinski definition) is 5. The van der Waals surface area contributed by atoms with Gasteiger partial charge in [-0.2, -0.15) is 0 Å². The third-order valence-electron chi connectivity index (χ3n) is 2.99. The lowest BCUT2D eigenvalue weighted by Gasteiger charge is -2.12. The highest BCUT2D eigenvalue weighted by atomic mass is 35.5. The molecule has 0 saturated heterocycles. The summed E-state index contributed by atoms with van der Waals surface area (Å²) in [5.74, 6) is -3.03. The molecule has 0 fully saturated rings. The first-order valence-electron chi connectivity index (χ1n) is 7.03. The molecule has 6 nitrogen and oxygen atoms in total. The maximum Gasteiger partial charge on any atom is 0.375 e. The van der Waals surface area contributed by atoms with E-state index < -0.39 is 17.7 Å². The Labute approximate surface area is 173 Å². The van der Waals surface area contributed by atoms with E-state index in [9.17, 15) is 9.59 Å². The SMILES string of the molecule is CO/C=C(/Oc1ccc(Cl)cc1C(=O)Oc1cc(Cl)c(Cl)cc1Cl)C(=O)O. The number of carbonyl (C=O) groups is 2. The molecule has 0 bridgehead atoms. The molecule has 0 radical (unpaired) electrons. The molecule has 142 valence electrons. The van der Waals surface area contributed by atoms with Crippen molar-refractivity contribution in [2.45, 2.75) is 0 Å². The summed E-state index contributed by atoms with van der Waals surface area (Å²) in [5.41, 5.74) is -0.145. The highest BCUT2D eigenvalue weighted by Gasteiger charge is 2.21. The predicted molar refractivity (Wildman–Crippen MR) is 101 cm³/mol. The summed E-state index contributed by atoms with van der Waals surface area (Å²) in [5, 5.41) is 9.67. The molecular formula is C17H10Cl4O6. The van der Waals surface area contributed by atoms with Crippen LogP contribution in [0.1, 0.15) is 10.4 Å². The lowest BCUT2D eigenvalue weighted by molar-refractivity contribution is -0.135. The number of benzene rings is 2. The maximum atomic E-state index is 12.6. The Kier molecular flexibility index (Phi) is 7.21. The third-order valence-corrected chi connectivity index (χ3v) is 4.25. The first-order valence-corrected chi connectivity index (χ1v) is 8.54. The Bertz CT molecular complexity index is 926. The molecule has 2 aromatic rings. The van der Waals surface area contributed by atoms with Crippen LogP contribution in [0.5, 0.6) is 11.5 Å². The minimum absolute atomic E-state index is 0.0483. The Morgan fingerprint density at radius 2 is 1.59 bits per heavy atom. The zero-order valence-corrected chi connectivity index (χ0v) is 16.5. The van der Waals surface area contributed by atoms with Crippen LogP contribution >= 0.6 is 46.4 Å². The Morgan fingerprint density at radius 1 is 0.926 bits per heavy atom. The summed E-state index contributed by atoms with van der Waals surface area (Å²) in [4.78, 5) is 23.7. The van der Waals surface area contributed by atoms with E-state index in [2.05, 4.69) is 4.74 Å². The molecule has 0 unspecified atom stereocenters. The van der Waals surface area contributed by atoms with E-state index in [4.69, 9.17) is 61.0 Å². The van der Waals surface area contributed by atoms with Crippen molar-refractivity contribution in [3.05, 3.63) is 68.0 Å². The average molecular weight is 452 g/mol. The van der Waals surface area contributed by atoms with Crippen LogP contribution in [0.4, 0.5) is 0 Å². The van der Waals surface area contributed by atoms with Crippen molar-refractivity contribution in [3.8, 4) is 11.5 Å². The van der Waals surface area contributed by atoms with Crippen LogP contribution in [-0.4, -0.2) is 24.2 Å². The van der Waals surface area contributed by atoms with Gasteiger partial charge in [0.15, 0.2) is 5.75 Å². The summed E-state index contributed by atoms with van der Waals surface area (Å²) < 4.78 is 15.1. The largest absolute Gasteiger partial charge is 0.500 e. The Morgan fingerprint density at radius 3 is 2.22 bits per heavy atom. The van der Waals surface area contributed by atoms with Gasteiger partial charge in [-0.05, 0) is 24.3 Å². The Hall–Kier alpha value is -2.12. The third kappa shape index (κ3) is 5.43. The second-order valence-corrected chi connectivity index (χ2v) is 6.51. The number of carboxylic acids is 1. The van der Waals surface area contributed by atoms with Crippen molar-refractivity contribution >= 4 is 58.3 Å². The average Bonchev–Trinajstić information content (AvgIpc) is 2.60. The second-order valence-electron chi connectivity index (χ2n) is 4.85. The normalized spacial score (nSPS) is 11.1. The van der Waals surface area contributed by atoms with Gasteiger partial charge in [0.25, 0.3) is 0 Å². The summed E-state index contributed by atoms with van der Waals surface area (Å²) in [6.45, 7) is 0. The van der Waals surface area contributed by atoms with Crippen LogP contribution in [-0.2, 0) is 9.53 Å². The molecule has 0 aromatic heterocycles. The number of carboxylic acid groups (broad SMARTS) is 1. The number of methoxy groups -OCH3 is 1. The number of rotatable bonds is 6. The van der Waals surface area contributed by atoms with Crippen LogP contribution in [0.25, 0.3) is 0 Å². The summed E-state index contributed by atoms with van der Waals surface area (Å²) in [7, 11) is 1.25. The molecule has 0 amide bonds. The maximum absolute atomic E-state index is 12.6. The topological polar surface area (TPSA) is 82.1 Å². The zero-order chi connectivity index (χ0) is 20.1. The molecule has 0 aliphatic carbocycles. The summed E-state index contributed by atoms with van der Waals surface area (Å²) in [6.07, 6.45) is 0.863. The van der Waals surface area contributed by atoms with Crippen molar-refractivity contribution in [1.29, 1.82) is 0 Å². The number of hydrogen-bond donors (Lipinski definition) is 1. The van der Waals surface area contributed by atoms with Gasteiger partial charge in [-0.1, -0.05) is 46.4 Å². The minimum Gasteiger partial charge on any atom is -0.500 e. The van der Waals surface area contributed by atoms with Gasteiger partial charge in [-0.15, -0.1) is 0 Å².